The van der Waals surface area contributed by atoms with E-state index in [1.165, 1.54) is 17.4 Å². The lowest BCUT2D eigenvalue weighted by Gasteiger charge is -1.98. The van der Waals surface area contributed by atoms with Gasteiger partial charge in [0, 0.05) is 5.38 Å². The zero-order chi connectivity index (χ0) is 12.5. The molecule has 3 aromatic rings. The van der Waals surface area contributed by atoms with Gasteiger partial charge in [-0.2, -0.15) is 4.98 Å². The first kappa shape index (κ1) is 10.8. The van der Waals surface area contributed by atoms with E-state index in [0.29, 0.717) is 11.5 Å². The summed E-state index contributed by atoms with van der Waals surface area (Å²) in [7, 11) is 0. The van der Waals surface area contributed by atoms with Gasteiger partial charge < -0.3 is 9.63 Å². The average Bonchev–Trinajstić information content (AvgIpc) is 3.00. The van der Waals surface area contributed by atoms with Crippen LogP contribution in [0.1, 0.15) is 0 Å². The van der Waals surface area contributed by atoms with E-state index in [2.05, 4.69) is 15.1 Å². The van der Waals surface area contributed by atoms with E-state index in [1.807, 2.05) is 0 Å². The summed E-state index contributed by atoms with van der Waals surface area (Å²) in [6.07, 6.45) is 0. The summed E-state index contributed by atoms with van der Waals surface area (Å²) >= 11 is 1.40. The maximum Gasteiger partial charge on any atom is 0.262 e. The molecule has 2 heterocycles. The standard InChI is InChI=1S/C11H6FN3O2S/c12-6-1-2-9(16)7(3-6)11-14-10(15-17-11)8-4-18-5-13-8/h1-5,16H. The van der Waals surface area contributed by atoms with Crippen molar-refractivity contribution in [2.75, 3.05) is 0 Å². The maximum absolute atomic E-state index is 13.1. The quantitative estimate of drug-likeness (QED) is 0.769. The third-order valence-electron chi connectivity index (χ3n) is 2.28. The molecule has 0 spiro atoms. The molecule has 0 fully saturated rings. The second-order valence-corrected chi connectivity index (χ2v) is 4.18. The van der Waals surface area contributed by atoms with Crippen LogP contribution in [0.25, 0.3) is 23.0 Å². The summed E-state index contributed by atoms with van der Waals surface area (Å²) in [5.41, 5.74) is 2.38. The maximum atomic E-state index is 13.1. The lowest BCUT2D eigenvalue weighted by atomic mass is 10.2. The fraction of sp³-hybridized carbons (Fsp3) is 0. The van der Waals surface area contributed by atoms with Crippen molar-refractivity contribution in [2.45, 2.75) is 0 Å². The molecule has 1 N–H and O–H groups in total. The zero-order valence-corrected chi connectivity index (χ0v) is 9.69. The topological polar surface area (TPSA) is 72.0 Å². The molecule has 0 unspecified atom stereocenters. The Balaban J connectivity index is 2.05. The van der Waals surface area contributed by atoms with Crippen LogP contribution in [0, 0.1) is 5.82 Å². The van der Waals surface area contributed by atoms with Crippen LogP contribution in [-0.4, -0.2) is 20.2 Å². The summed E-state index contributed by atoms with van der Waals surface area (Å²) in [4.78, 5) is 8.10. The molecule has 2 aromatic heterocycles. The van der Waals surface area contributed by atoms with Gasteiger partial charge in [-0.05, 0) is 18.2 Å². The van der Waals surface area contributed by atoms with Crippen LogP contribution >= 0.6 is 11.3 Å². The Kier molecular flexibility index (Phi) is 2.52. The highest BCUT2D eigenvalue weighted by Gasteiger charge is 2.15. The van der Waals surface area contributed by atoms with E-state index >= 15 is 0 Å². The van der Waals surface area contributed by atoms with Gasteiger partial charge in [0.05, 0.1) is 11.1 Å². The SMILES string of the molecule is Oc1ccc(F)cc1-c1nc(-c2cscn2)no1. The van der Waals surface area contributed by atoms with E-state index in [9.17, 15) is 9.50 Å². The van der Waals surface area contributed by atoms with Gasteiger partial charge in [-0.3, -0.25) is 0 Å². The number of benzene rings is 1. The molecule has 90 valence electrons. The van der Waals surface area contributed by atoms with Crippen molar-refractivity contribution in [3.8, 4) is 28.7 Å². The Morgan fingerprint density at radius 3 is 3.00 bits per heavy atom. The molecule has 0 bridgehead atoms. The molecule has 0 aliphatic carbocycles. The Morgan fingerprint density at radius 2 is 2.22 bits per heavy atom. The number of hydrogen-bond acceptors (Lipinski definition) is 6. The summed E-state index contributed by atoms with van der Waals surface area (Å²) in [5.74, 6) is -0.258. The van der Waals surface area contributed by atoms with Crippen LogP contribution in [0.3, 0.4) is 0 Å². The molecular formula is C11H6FN3O2S. The van der Waals surface area contributed by atoms with Crippen molar-refractivity contribution >= 4 is 11.3 Å². The molecule has 0 atom stereocenters. The predicted octanol–water partition coefficient (Wildman–Crippen LogP) is 2.70. The number of aromatic nitrogens is 3. The Labute approximate surface area is 105 Å². The number of aromatic hydroxyl groups is 1. The molecule has 5 nitrogen and oxygen atoms in total. The molecule has 1 aromatic carbocycles. The van der Waals surface area contributed by atoms with Gasteiger partial charge in [0.1, 0.15) is 17.3 Å². The molecule has 7 heteroatoms. The third kappa shape index (κ3) is 1.84. The number of nitrogens with zero attached hydrogens (tertiary/aromatic N) is 3. The van der Waals surface area contributed by atoms with Crippen molar-refractivity contribution in [2.24, 2.45) is 0 Å². The normalized spacial score (nSPS) is 10.7. The van der Waals surface area contributed by atoms with Crippen LogP contribution in [0.4, 0.5) is 4.39 Å². The molecule has 3 rings (SSSR count). The zero-order valence-electron chi connectivity index (χ0n) is 8.87. The minimum Gasteiger partial charge on any atom is -0.507 e. The third-order valence-corrected chi connectivity index (χ3v) is 2.86. The number of thiazole rings is 1. The first-order valence-electron chi connectivity index (χ1n) is 4.95. The summed E-state index contributed by atoms with van der Waals surface area (Å²) < 4.78 is 18.1. The first-order chi connectivity index (χ1) is 8.74. The highest BCUT2D eigenvalue weighted by atomic mass is 32.1. The van der Waals surface area contributed by atoms with E-state index in [4.69, 9.17) is 4.52 Å². The highest BCUT2D eigenvalue weighted by molar-refractivity contribution is 7.07. The minimum absolute atomic E-state index is 0.0509. The number of hydrogen-bond donors (Lipinski definition) is 1. The van der Waals surface area contributed by atoms with E-state index in [1.54, 1.807) is 10.9 Å². The second kappa shape index (κ2) is 4.19. The molecule has 0 saturated carbocycles. The predicted molar refractivity (Wildman–Crippen MR) is 62.5 cm³/mol. The average molecular weight is 263 g/mol. The molecular weight excluding hydrogens is 257 g/mol. The number of phenolic OH excluding ortho intramolecular Hbond substituents is 1. The fourth-order valence-electron chi connectivity index (χ4n) is 1.44. The van der Waals surface area contributed by atoms with Crippen molar-refractivity contribution in [1.29, 1.82) is 0 Å². The minimum atomic E-state index is -0.490. The van der Waals surface area contributed by atoms with Crippen molar-refractivity contribution in [3.05, 3.63) is 34.9 Å². The monoisotopic (exact) mass is 263 g/mol. The van der Waals surface area contributed by atoms with Crippen LogP contribution in [-0.2, 0) is 0 Å². The Bertz CT molecular complexity index is 681. The van der Waals surface area contributed by atoms with Crippen molar-refractivity contribution in [3.63, 3.8) is 0 Å². The fourth-order valence-corrected chi connectivity index (χ4v) is 1.97. The molecule has 0 amide bonds. The molecule has 0 aliphatic rings. The van der Waals surface area contributed by atoms with Crippen LogP contribution < -0.4 is 0 Å². The van der Waals surface area contributed by atoms with Gasteiger partial charge in [0.25, 0.3) is 5.89 Å². The van der Waals surface area contributed by atoms with Crippen LogP contribution in [0.5, 0.6) is 5.75 Å². The Hall–Kier alpha value is -2.28. The molecule has 0 saturated heterocycles. The van der Waals surface area contributed by atoms with E-state index in [-0.39, 0.29) is 17.2 Å². The van der Waals surface area contributed by atoms with Crippen LogP contribution in [0.2, 0.25) is 0 Å². The van der Waals surface area contributed by atoms with Gasteiger partial charge in [-0.25, -0.2) is 9.37 Å². The van der Waals surface area contributed by atoms with Crippen molar-refractivity contribution < 1.29 is 14.0 Å². The van der Waals surface area contributed by atoms with Crippen molar-refractivity contribution in [1.82, 2.24) is 15.1 Å². The number of halogens is 1. The summed E-state index contributed by atoms with van der Waals surface area (Å²) in [5, 5.41) is 15.1. The lowest BCUT2D eigenvalue weighted by molar-refractivity contribution is 0.425. The lowest BCUT2D eigenvalue weighted by Crippen LogP contribution is -1.83. The largest absolute Gasteiger partial charge is 0.507 e. The molecule has 18 heavy (non-hydrogen) atoms. The van der Waals surface area contributed by atoms with Gasteiger partial charge in [-0.15, -0.1) is 11.3 Å². The van der Waals surface area contributed by atoms with Gasteiger partial charge in [0.15, 0.2) is 0 Å². The van der Waals surface area contributed by atoms with E-state index in [0.717, 1.165) is 12.1 Å². The second-order valence-electron chi connectivity index (χ2n) is 3.46. The van der Waals surface area contributed by atoms with E-state index < -0.39 is 5.82 Å². The van der Waals surface area contributed by atoms with Gasteiger partial charge >= 0.3 is 0 Å². The molecule has 0 aliphatic heterocycles. The molecule has 0 radical (unpaired) electrons. The highest BCUT2D eigenvalue weighted by Crippen LogP contribution is 2.29. The van der Waals surface area contributed by atoms with Gasteiger partial charge in [-0.1, -0.05) is 5.16 Å². The summed E-state index contributed by atoms with van der Waals surface area (Å²) in [6.45, 7) is 0. The van der Waals surface area contributed by atoms with Crippen LogP contribution in [0.15, 0.2) is 33.6 Å². The first-order valence-corrected chi connectivity index (χ1v) is 5.89. The summed E-state index contributed by atoms with van der Waals surface area (Å²) in [6, 6.07) is 3.52. The smallest absolute Gasteiger partial charge is 0.262 e. The number of phenols is 1. The Morgan fingerprint density at radius 1 is 1.33 bits per heavy atom. The van der Waals surface area contributed by atoms with Gasteiger partial charge in [0.2, 0.25) is 5.82 Å². The number of rotatable bonds is 2.